The molecule has 1 aromatic heterocycles. The van der Waals surface area contributed by atoms with Crippen molar-refractivity contribution in [2.75, 3.05) is 11.6 Å². The Balaban J connectivity index is 2.19. The quantitative estimate of drug-likeness (QED) is 0.745. The predicted octanol–water partition coefficient (Wildman–Crippen LogP) is 2.62. The minimum Gasteiger partial charge on any atom is -0.366 e. The number of amides is 1. The minimum atomic E-state index is -3.59. The fourth-order valence-corrected chi connectivity index (χ4v) is 3.27. The van der Waals surface area contributed by atoms with E-state index in [1.165, 1.54) is 42.6 Å². The first-order valence-corrected chi connectivity index (χ1v) is 9.09. The van der Waals surface area contributed by atoms with Crippen molar-refractivity contribution in [1.29, 1.82) is 0 Å². The molecule has 1 heterocycles. The SMILES string of the molecule is CS(=O)(=O)c1cc2cc(C(N)=O)cnc2cc1Nc1cccc(F)c1. The van der Waals surface area contributed by atoms with E-state index in [2.05, 4.69) is 10.3 Å². The van der Waals surface area contributed by atoms with E-state index in [0.717, 1.165) is 6.26 Å². The maximum absolute atomic E-state index is 13.4. The van der Waals surface area contributed by atoms with Crippen LogP contribution in [0.15, 0.2) is 53.6 Å². The standard InChI is InChI=1S/C17H14FN3O3S/c1-25(23,24)16-6-10-5-11(17(19)22)9-20-14(10)8-15(16)21-13-4-2-3-12(18)7-13/h2-9,21H,1H3,(H2,19,22). The number of primary amides is 1. The van der Waals surface area contributed by atoms with Gasteiger partial charge in [0, 0.05) is 23.5 Å². The lowest BCUT2D eigenvalue weighted by Crippen LogP contribution is -2.11. The molecule has 0 saturated carbocycles. The van der Waals surface area contributed by atoms with Gasteiger partial charge >= 0.3 is 0 Å². The molecule has 6 nitrogen and oxygen atoms in total. The van der Waals surface area contributed by atoms with Crippen LogP contribution in [0.2, 0.25) is 0 Å². The van der Waals surface area contributed by atoms with E-state index in [0.29, 0.717) is 16.6 Å². The largest absolute Gasteiger partial charge is 0.366 e. The van der Waals surface area contributed by atoms with Gasteiger partial charge in [0.2, 0.25) is 5.91 Å². The number of hydrogen-bond acceptors (Lipinski definition) is 5. The highest BCUT2D eigenvalue weighted by Gasteiger charge is 2.16. The Kier molecular flexibility index (Phi) is 4.13. The molecule has 0 aliphatic heterocycles. The third-order valence-electron chi connectivity index (χ3n) is 3.57. The van der Waals surface area contributed by atoms with Crippen LogP contribution in [-0.2, 0) is 9.84 Å². The number of benzene rings is 2. The van der Waals surface area contributed by atoms with Crippen LogP contribution in [-0.4, -0.2) is 25.6 Å². The fourth-order valence-electron chi connectivity index (χ4n) is 2.42. The second kappa shape index (κ2) is 6.14. The molecular formula is C17H14FN3O3S. The first-order valence-electron chi connectivity index (χ1n) is 7.20. The number of anilines is 2. The topological polar surface area (TPSA) is 102 Å². The van der Waals surface area contributed by atoms with Gasteiger partial charge in [-0.3, -0.25) is 9.78 Å². The van der Waals surface area contributed by atoms with Crippen molar-refractivity contribution in [3.8, 4) is 0 Å². The average Bonchev–Trinajstić information content (AvgIpc) is 2.52. The molecule has 0 bridgehead atoms. The number of hydrogen-bond donors (Lipinski definition) is 2. The molecule has 0 radical (unpaired) electrons. The van der Waals surface area contributed by atoms with E-state index in [1.807, 2.05) is 0 Å². The zero-order chi connectivity index (χ0) is 18.2. The molecule has 0 fully saturated rings. The Hall–Kier alpha value is -3.00. The molecule has 0 spiro atoms. The lowest BCUT2D eigenvalue weighted by Gasteiger charge is -2.13. The lowest BCUT2D eigenvalue weighted by atomic mass is 10.1. The second-order valence-corrected chi connectivity index (χ2v) is 7.52. The summed E-state index contributed by atoms with van der Waals surface area (Å²) in [5, 5.41) is 3.36. The Morgan fingerprint density at radius 3 is 2.60 bits per heavy atom. The van der Waals surface area contributed by atoms with Gasteiger partial charge in [0.15, 0.2) is 9.84 Å². The third-order valence-corrected chi connectivity index (χ3v) is 4.71. The van der Waals surface area contributed by atoms with Crippen LogP contribution in [0, 0.1) is 5.82 Å². The summed E-state index contributed by atoms with van der Waals surface area (Å²) < 4.78 is 37.7. The third kappa shape index (κ3) is 3.58. The number of sulfone groups is 1. The van der Waals surface area contributed by atoms with Crippen LogP contribution in [0.1, 0.15) is 10.4 Å². The van der Waals surface area contributed by atoms with Crippen molar-refractivity contribution in [3.05, 3.63) is 60.0 Å². The van der Waals surface area contributed by atoms with Gasteiger partial charge < -0.3 is 11.1 Å². The first-order chi connectivity index (χ1) is 11.7. The molecule has 3 N–H and O–H groups in total. The Labute approximate surface area is 143 Å². The molecule has 0 unspecified atom stereocenters. The van der Waals surface area contributed by atoms with Crippen molar-refractivity contribution in [1.82, 2.24) is 4.98 Å². The minimum absolute atomic E-state index is 0.00711. The molecule has 2 aromatic carbocycles. The Morgan fingerprint density at radius 2 is 1.96 bits per heavy atom. The molecule has 3 rings (SSSR count). The van der Waals surface area contributed by atoms with Gasteiger partial charge in [-0.25, -0.2) is 12.8 Å². The fraction of sp³-hybridized carbons (Fsp3) is 0.0588. The molecule has 128 valence electrons. The summed E-state index contributed by atoms with van der Waals surface area (Å²) in [6.07, 6.45) is 2.38. The first kappa shape index (κ1) is 16.8. The van der Waals surface area contributed by atoms with Crippen LogP contribution in [0.25, 0.3) is 10.9 Å². The van der Waals surface area contributed by atoms with Gasteiger partial charge in [-0.1, -0.05) is 6.07 Å². The Morgan fingerprint density at radius 1 is 1.20 bits per heavy atom. The second-order valence-electron chi connectivity index (χ2n) is 5.54. The number of carbonyl (C=O) groups is 1. The highest BCUT2D eigenvalue weighted by atomic mass is 32.2. The molecule has 0 aliphatic rings. The van der Waals surface area contributed by atoms with Crippen molar-refractivity contribution in [2.45, 2.75) is 4.90 Å². The van der Waals surface area contributed by atoms with Gasteiger partial charge in [0.1, 0.15) is 5.82 Å². The number of pyridine rings is 1. The summed E-state index contributed by atoms with van der Waals surface area (Å²) >= 11 is 0. The van der Waals surface area contributed by atoms with Crippen LogP contribution >= 0.6 is 0 Å². The van der Waals surface area contributed by atoms with Crippen molar-refractivity contribution in [2.24, 2.45) is 5.73 Å². The maximum Gasteiger partial charge on any atom is 0.250 e. The molecule has 8 heteroatoms. The lowest BCUT2D eigenvalue weighted by molar-refractivity contribution is 0.1000. The van der Waals surface area contributed by atoms with Crippen molar-refractivity contribution < 1.29 is 17.6 Å². The van der Waals surface area contributed by atoms with Gasteiger partial charge in [-0.2, -0.15) is 0 Å². The summed E-state index contributed by atoms with van der Waals surface area (Å²) in [5.41, 5.74) is 6.54. The van der Waals surface area contributed by atoms with Gasteiger partial charge in [-0.15, -0.1) is 0 Å². The molecule has 0 aliphatic carbocycles. The number of halogens is 1. The molecular weight excluding hydrogens is 345 g/mol. The summed E-state index contributed by atoms with van der Waals surface area (Å²) in [5.74, 6) is -1.10. The van der Waals surface area contributed by atoms with Crippen molar-refractivity contribution in [3.63, 3.8) is 0 Å². The van der Waals surface area contributed by atoms with E-state index < -0.39 is 21.6 Å². The van der Waals surface area contributed by atoms with E-state index in [4.69, 9.17) is 5.73 Å². The summed E-state index contributed by atoms with van der Waals surface area (Å²) in [6, 6.07) is 10.1. The highest BCUT2D eigenvalue weighted by molar-refractivity contribution is 7.90. The molecule has 3 aromatic rings. The normalized spacial score (nSPS) is 11.4. The predicted molar refractivity (Wildman–Crippen MR) is 93.1 cm³/mol. The highest BCUT2D eigenvalue weighted by Crippen LogP contribution is 2.30. The molecule has 1 amide bonds. The van der Waals surface area contributed by atoms with Crippen LogP contribution in [0.5, 0.6) is 0 Å². The van der Waals surface area contributed by atoms with E-state index >= 15 is 0 Å². The number of nitrogens with two attached hydrogens (primary N) is 1. The molecule has 25 heavy (non-hydrogen) atoms. The van der Waals surface area contributed by atoms with Crippen LogP contribution in [0.4, 0.5) is 15.8 Å². The molecule has 0 saturated heterocycles. The smallest absolute Gasteiger partial charge is 0.250 e. The summed E-state index contributed by atoms with van der Waals surface area (Å²) in [6.45, 7) is 0. The van der Waals surface area contributed by atoms with E-state index in [9.17, 15) is 17.6 Å². The van der Waals surface area contributed by atoms with Crippen LogP contribution < -0.4 is 11.1 Å². The zero-order valence-electron chi connectivity index (χ0n) is 13.2. The number of rotatable bonds is 4. The van der Waals surface area contributed by atoms with Gasteiger partial charge in [0.05, 0.1) is 21.7 Å². The summed E-state index contributed by atoms with van der Waals surface area (Å²) in [7, 11) is -3.59. The van der Waals surface area contributed by atoms with E-state index in [1.54, 1.807) is 6.07 Å². The Bertz CT molecular complexity index is 1100. The van der Waals surface area contributed by atoms with Crippen LogP contribution in [0.3, 0.4) is 0 Å². The number of nitrogens with one attached hydrogen (secondary N) is 1. The van der Waals surface area contributed by atoms with Gasteiger partial charge in [-0.05, 0) is 36.4 Å². The van der Waals surface area contributed by atoms with Crippen molar-refractivity contribution >= 4 is 38.0 Å². The monoisotopic (exact) mass is 359 g/mol. The number of fused-ring (bicyclic) bond motifs is 1. The maximum atomic E-state index is 13.4. The van der Waals surface area contributed by atoms with Gasteiger partial charge in [0.25, 0.3) is 0 Å². The summed E-state index contributed by atoms with van der Waals surface area (Å²) in [4.78, 5) is 15.4. The average molecular weight is 359 g/mol. The molecule has 0 atom stereocenters. The number of carbonyl (C=O) groups excluding carboxylic acids is 1. The number of aromatic nitrogens is 1. The number of nitrogens with zero attached hydrogens (tertiary/aromatic N) is 1. The van der Waals surface area contributed by atoms with E-state index in [-0.39, 0.29) is 16.1 Å². The zero-order valence-corrected chi connectivity index (χ0v) is 14.0.